The Labute approximate surface area is 306 Å². The van der Waals surface area contributed by atoms with Crippen LogP contribution in [0.3, 0.4) is 0 Å². The average Bonchev–Trinajstić information content (AvgIpc) is 3.09. The van der Waals surface area contributed by atoms with Crippen molar-refractivity contribution in [2.45, 2.75) is 67.2 Å². The molecule has 0 spiro atoms. The molecule has 0 radical (unpaired) electrons. The summed E-state index contributed by atoms with van der Waals surface area (Å²) in [4.78, 5) is 0. The largest absolute Gasteiger partial charge is 0.508 e. The zero-order chi connectivity index (χ0) is 38.0. The van der Waals surface area contributed by atoms with Gasteiger partial charge < -0.3 is 30.6 Å². The minimum absolute atomic E-state index is 0.199. The molecule has 6 rings (SSSR count). The first kappa shape index (κ1) is 37.4. The number of aryl methyl sites for hydroxylation is 8. The number of benzene rings is 6. The molecule has 0 aromatic heterocycles. The maximum absolute atomic E-state index is 10.5. The summed E-state index contributed by atoms with van der Waals surface area (Å²) in [7, 11) is 0. The number of rotatable bonds is 6. The summed E-state index contributed by atoms with van der Waals surface area (Å²) in [6.45, 7) is 15.2. The summed E-state index contributed by atoms with van der Waals surface area (Å²) in [5.41, 5.74) is 12.3. The molecule has 0 bridgehead atoms. The Balaban J connectivity index is 0.000000201. The molecule has 0 atom stereocenters. The molecule has 6 aromatic rings. The van der Waals surface area contributed by atoms with Crippen molar-refractivity contribution >= 4 is 0 Å². The molecular weight excluding hydrogens is 649 g/mol. The van der Waals surface area contributed by atoms with E-state index in [-0.39, 0.29) is 34.8 Å². The second kappa shape index (κ2) is 15.2. The van der Waals surface area contributed by atoms with Crippen LogP contribution in [0, 0.1) is 55.4 Å². The van der Waals surface area contributed by atoms with Gasteiger partial charge in [0.05, 0.1) is 0 Å². The van der Waals surface area contributed by atoms with E-state index < -0.39 is 0 Å². The zero-order valence-electron chi connectivity index (χ0n) is 31.1. The number of hydrogen-bond donors (Lipinski definition) is 6. The Morgan fingerprint density at radius 2 is 0.635 bits per heavy atom. The van der Waals surface area contributed by atoms with Crippen LogP contribution in [0.25, 0.3) is 0 Å². The van der Waals surface area contributed by atoms with Crippen molar-refractivity contribution < 1.29 is 30.6 Å². The highest BCUT2D eigenvalue weighted by Crippen LogP contribution is 2.43. The highest BCUT2D eigenvalue weighted by Gasteiger charge is 2.25. The van der Waals surface area contributed by atoms with Crippen LogP contribution in [0.5, 0.6) is 34.5 Å². The fourth-order valence-electron chi connectivity index (χ4n) is 7.10. The molecule has 268 valence electrons. The predicted octanol–water partition coefficient (Wildman–Crippen LogP) is 10.4. The minimum Gasteiger partial charge on any atom is -0.508 e. The van der Waals surface area contributed by atoms with E-state index in [2.05, 4.69) is 0 Å². The molecule has 0 aliphatic rings. The molecule has 6 aromatic carbocycles. The maximum Gasteiger partial charge on any atom is 0.121 e. The van der Waals surface area contributed by atoms with Gasteiger partial charge in [0.15, 0.2) is 0 Å². The van der Waals surface area contributed by atoms with E-state index in [1.807, 2.05) is 116 Å². The first-order valence-corrected chi connectivity index (χ1v) is 17.3. The van der Waals surface area contributed by atoms with Crippen molar-refractivity contribution in [2.75, 3.05) is 0 Å². The van der Waals surface area contributed by atoms with Gasteiger partial charge in [-0.1, -0.05) is 72.8 Å². The molecule has 0 heterocycles. The van der Waals surface area contributed by atoms with E-state index in [0.717, 1.165) is 77.9 Å². The van der Waals surface area contributed by atoms with Gasteiger partial charge in [-0.15, -0.1) is 0 Å². The van der Waals surface area contributed by atoms with Crippen LogP contribution in [0.1, 0.15) is 89.7 Å². The van der Waals surface area contributed by atoms with E-state index in [0.29, 0.717) is 11.5 Å². The first-order valence-electron chi connectivity index (χ1n) is 17.3. The van der Waals surface area contributed by atoms with Crippen LogP contribution in [-0.4, -0.2) is 30.6 Å². The topological polar surface area (TPSA) is 121 Å². The second-order valence-electron chi connectivity index (χ2n) is 14.0. The molecule has 0 aliphatic carbocycles. The van der Waals surface area contributed by atoms with Gasteiger partial charge in [0.1, 0.15) is 34.5 Å². The van der Waals surface area contributed by atoms with E-state index in [1.165, 1.54) is 0 Å². The summed E-state index contributed by atoms with van der Waals surface area (Å²) in [5, 5.41) is 61.4. The van der Waals surface area contributed by atoms with E-state index in [4.69, 9.17) is 0 Å². The smallest absolute Gasteiger partial charge is 0.121 e. The number of phenolic OH excluding ortho intramolecular Hbond substituents is 6. The van der Waals surface area contributed by atoms with Crippen LogP contribution < -0.4 is 0 Å². The monoisotopic (exact) mass is 696 g/mol. The van der Waals surface area contributed by atoms with Crippen LogP contribution in [0.4, 0.5) is 0 Å². The Hall–Kier alpha value is -5.88. The molecule has 6 nitrogen and oxygen atoms in total. The van der Waals surface area contributed by atoms with Crippen LogP contribution >= 0.6 is 0 Å². The Morgan fingerprint density at radius 1 is 0.308 bits per heavy atom. The van der Waals surface area contributed by atoms with Gasteiger partial charge in [0.25, 0.3) is 0 Å². The quantitative estimate of drug-likeness (QED) is 0.0964. The van der Waals surface area contributed by atoms with Gasteiger partial charge in [0, 0.05) is 23.0 Å². The highest BCUT2D eigenvalue weighted by atomic mass is 16.3. The van der Waals surface area contributed by atoms with Gasteiger partial charge in [-0.05, 0) is 146 Å². The van der Waals surface area contributed by atoms with E-state index in [1.54, 1.807) is 36.4 Å². The lowest BCUT2D eigenvalue weighted by molar-refractivity contribution is 0.463. The standard InChI is InChI=1S/2C23H24O3/c1-13-11-21(25)15(3)9-18(13)23(17-7-5-6-8-20(17)24)19-10-16(4)22(26)12-14(19)2;1-13-9-17(10-14(2)22(13)25)21(19-7-5-6-8-20(19)24)18-11-15(3)23(26)16(4)12-18/h5-12,23-26H,1-4H3;5-12,21,24-26H,1-4H3. The molecule has 6 N–H and O–H groups in total. The van der Waals surface area contributed by atoms with Gasteiger partial charge in [0.2, 0.25) is 0 Å². The molecule has 6 heteroatoms. The first-order chi connectivity index (χ1) is 24.6. The summed E-state index contributed by atoms with van der Waals surface area (Å²) in [6, 6.07) is 29.9. The highest BCUT2D eigenvalue weighted by molar-refractivity contribution is 5.58. The fourth-order valence-corrected chi connectivity index (χ4v) is 7.10. The number of para-hydroxylation sites is 2. The van der Waals surface area contributed by atoms with E-state index in [9.17, 15) is 30.6 Å². The summed E-state index contributed by atoms with van der Waals surface area (Å²) in [5.74, 6) is 1.17. The fraction of sp³-hybridized carbons (Fsp3) is 0.217. The van der Waals surface area contributed by atoms with Crippen LogP contribution in [-0.2, 0) is 0 Å². The third-order valence-corrected chi connectivity index (χ3v) is 9.98. The Morgan fingerprint density at radius 3 is 0.981 bits per heavy atom. The maximum atomic E-state index is 10.5. The van der Waals surface area contributed by atoms with Gasteiger partial charge >= 0.3 is 0 Å². The molecular formula is C46H48O6. The lowest BCUT2D eigenvalue weighted by Crippen LogP contribution is -2.08. The minimum atomic E-state index is -0.202. The molecule has 0 amide bonds. The van der Waals surface area contributed by atoms with Crippen molar-refractivity contribution in [3.63, 3.8) is 0 Å². The average molecular weight is 697 g/mol. The van der Waals surface area contributed by atoms with Crippen LogP contribution in [0.15, 0.2) is 97.1 Å². The molecule has 0 saturated heterocycles. The SMILES string of the molecule is Cc1cc(C(c2cc(C)c(O)c(C)c2)c2ccccc2O)cc(C)c1O.Cc1cc(C(c2cc(C)c(O)cc2C)c2ccccc2O)c(C)cc1O. The third-order valence-electron chi connectivity index (χ3n) is 9.98. The lowest BCUT2D eigenvalue weighted by Gasteiger charge is -2.25. The van der Waals surface area contributed by atoms with Gasteiger partial charge in [-0.3, -0.25) is 0 Å². The second-order valence-corrected chi connectivity index (χ2v) is 14.0. The molecule has 0 aliphatic heterocycles. The number of hydrogen-bond acceptors (Lipinski definition) is 6. The molecule has 52 heavy (non-hydrogen) atoms. The number of phenols is 6. The van der Waals surface area contributed by atoms with Crippen molar-refractivity contribution in [1.82, 2.24) is 0 Å². The van der Waals surface area contributed by atoms with Gasteiger partial charge in [-0.25, -0.2) is 0 Å². The Bertz CT molecular complexity index is 2110. The summed E-state index contributed by atoms with van der Waals surface area (Å²) >= 11 is 0. The Kier molecular flexibility index (Phi) is 10.9. The summed E-state index contributed by atoms with van der Waals surface area (Å²) in [6.07, 6.45) is 0. The van der Waals surface area contributed by atoms with E-state index >= 15 is 0 Å². The summed E-state index contributed by atoms with van der Waals surface area (Å²) < 4.78 is 0. The molecule has 0 saturated carbocycles. The van der Waals surface area contributed by atoms with Crippen molar-refractivity contribution in [3.05, 3.63) is 175 Å². The number of aromatic hydroxyl groups is 6. The predicted molar refractivity (Wildman–Crippen MR) is 208 cm³/mol. The van der Waals surface area contributed by atoms with Crippen molar-refractivity contribution in [2.24, 2.45) is 0 Å². The zero-order valence-corrected chi connectivity index (χ0v) is 31.1. The lowest BCUT2D eigenvalue weighted by atomic mass is 9.79. The van der Waals surface area contributed by atoms with Crippen molar-refractivity contribution in [1.29, 1.82) is 0 Å². The normalized spacial score (nSPS) is 11.1. The van der Waals surface area contributed by atoms with Crippen LogP contribution in [0.2, 0.25) is 0 Å². The van der Waals surface area contributed by atoms with Crippen molar-refractivity contribution in [3.8, 4) is 34.5 Å². The third kappa shape index (κ3) is 7.57. The molecule has 0 fully saturated rings. The molecule has 0 unspecified atom stereocenters. The van der Waals surface area contributed by atoms with Gasteiger partial charge in [-0.2, -0.15) is 0 Å².